The Morgan fingerprint density at radius 2 is 1.97 bits per heavy atom. The molecule has 8 nitrogen and oxygen atoms in total. The molecule has 1 aromatic carbocycles. The number of aromatic nitrogens is 2. The van der Waals surface area contributed by atoms with Crippen molar-refractivity contribution in [3.05, 3.63) is 78.1 Å². The highest BCUT2D eigenvalue weighted by Gasteiger charge is 2.27. The summed E-state index contributed by atoms with van der Waals surface area (Å²) >= 11 is 1.48. The van der Waals surface area contributed by atoms with Gasteiger partial charge in [0.25, 0.3) is 11.5 Å². The summed E-state index contributed by atoms with van der Waals surface area (Å²) in [6.45, 7) is 0.848. The Morgan fingerprint density at radius 3 is 2.70 bits per heavy atom. The Balaban J connectivity index is 1.75. The van der Waals surface area contributed by atoms with Crippen molar-refractivity contribution in [2.24, 2.45) is 0 Å². The van der Waals surface area contributed by atoms with E-state index in [1.54, 1.807) is 7.11 Å². The lowest BCUT2D eigenvalue weighted by Gasteiger charge is -2.24. The van der Waals surface area contributed by atoms with E-state index in [0.29, 0.717) is 17.9 Å². The highest BCUT2D eigenvalue weighted by atomic mass is 32.1. The maximum Gasteiger partial charge on any atom is 0.330 e. The molecular formula is C24H28N4O4S. The number of carbonyl (C=O) groups is 1. The van der Waals surface area contributed by atoms with Crippen LogP contribution < -0.4 is 21.9 Å². The van der Waals surface area contributed by atoms with E-state index in [-0.39, 0.29) is 30.5 Å². The third kappa shape index (κ3) is 4.94. The van der Waals surface area contributed by atoms with Crippen molar-refractivity contribution < 1.29 is 9.53 Å². The van der Waals surface area contributed by atoms with Crippen LogP contribution in [-0.4, -0.2) is 35.7 Å². The fraction of sp³-hybridized carbons (Fsp3) is 0.375. The molecule has 3 aromatic rings. The fourth-order valence-corrected chi connectivity index (χ4v) is 5.37. The Kier molecular flexibility index (Phi) is 7.10. The predicted molar refractivity (Wildman–Crippen MR) is 130 cm³/mol. The van der Waals surface area contributed by atoms with Crippen molar-refractivity contribution in [2.75, 3.05) is 30.9 Å². The van der Waals surface area contributed by atoms with Gasteiger partial charge in [0.2, 0.25) is 0 Å². The summed E-state index contributed by atoms with van der Waals surface area (Å²) in [5, 5.41) is 0. The zero-order valence-electron chi connectivity index (χ0n) is 18.6. The first-order valence-electron chi connectivity index (χ1n) is 11.1. The van der Waals surface area contributed by atoms with E-state index in [2.05, 4.69) is 4.98 Å². The SMILES string of the molecule is COCCCN(C(=O)c1cc2c(s1)CCCC2)c1c(N)n(Cc2ccccc2)c(=O)[nH]c1=O. The number of H-pyrrole nitrogens is 1. The Labute approximate surface area is 195 Å². The first kappa shape index (κ1) is 23.0. The van der Waals surface area contributed by atoms with Crippen molar-refractivity contribution >= 4 is 28.7 Å². The maximum atomic E-state index is 13.6. The van der Waals surface area contributed by atoms with Gasteiger partial charge in [-0.25, -0.2) is 4.79 Å². The minimum absolute atomic E-state index is 0.00185. The van der Waals surface area contributed by atoms with E-state index in [4.69, 9.17) is 10.5 Å². The number of fused-ring (bicyclic) bond motifs is 1. The van der Waals surface area contributed by atoms with Gasteiger partial charge in [0.1, 0.15) is 5.82 Å². The minimum atomic E-state index is -0.672. The molecule has 0 spiro atoms. The second-order valence-electron chi connectivity index (χ2n) is 8.13. The third-order valence-corrected chi connectivity index (χ3v) is 7.08. The van der Waals surface area contributed by atoms with Gasteiger partial charge in [-0.2, -0.15) is 0 Å². The molecule has 2 aromatic heterocycles. The summed E-state index contributed by atoms with van der Waals surface area (Å²) in [6.07, 6.45) is 4.70. The van der Waals surface area contributed by atoms with Gasteiger partial charge in [0.05, 0.1) is 11.4 Å². The van der Waals surface area contributed by atoms with Gasteiger partial charge in [0.15, 0.2) is 5.69 Å². The molecule has 3 N–H and O–H groups in total. The molecule has 0 saturated carbocycles. The van der Waals surface area contributed by atoms with Crippen LogP contribution in [0, 0.1) is 0 Å². The number of carbonyl (C=O) groups excluding carboxylic acids is 1. The monoisotopic (exact) mass is 468 g/mol. The molecule has 33 heavy (non-hydrogen) atoms. The molecule has 2 heterocycles. The van der Waals surface area contributed by atoms with Crippen LogP contribution >= 0.6 is 11.3 Å². The van der Waals surface area contributed by atoms with E-state index in [0.717, 1.165) is 31.2 Å². The third-order valence-electron chi connectivity index (χ3n) is 5.85. The lowest BCUT2D eigenvalue weighted by molar-refractivity contribution is 0.0987. The van der Waals surface area contributed by atoms with Crippen molar-refractivity contribution in [2.45, 2.75) is 38.6 Å². The van der Waals surface area contributed by atoms with Crippen LogP contribution in [0.1, 0.15) is 44.9 Å². The molecule has 0 unspecified atom stereocenters. The maximum absolute atomic E-state index is 13.6. The van der Waals surface area contributed by atoms with Gasteiger partial charge >= 0.3 is 5.69 Å². The normalized spacial score (nSPS) is 13.0. The largest absolute Gasteiger partial charge is 0.385 e. The molecule has 1 aliphatic carbocycles. The Morgan fingerprint density at radius 1 is 1.21 bits per heavy atom. The predicted octanol–water partition coefficient (Wildman–Crippen LogP) is 2.79. The van der Waals surface area contributed by atoms with E-state index < -0.39 is 11.2 Å². The number of nitrogen functional groups attached to an aromatic ring is 1. The number of hydrogen-bond acceptors (Lipinski definition) is 6. The minimum Gasteiger partial charge on any atom is -0.385 e. The fourth-order valence-electron chi connectivity index (χ4n) is 4.17. The molecule has 1 aliphatic rings. The number of aryl methyl sites for hydroxylation is 2. The number of anilines is 2. The number of aromatic amines is 1. The summed E-state index contributed by atoms with van der Waals surface area (Å²) in [5.41, 5.74) is 7.15. The van der Waals surface area contributed by atoms with Crippen LogP contribution in [-0.2, 0) is 24.1 Å². The number of hydrogen-bond donors (Lipinski definition) is 2. The van der Waals surface area contributed by atoms with E-state index in [9.17, 15) is 14.4 Å². The van der Waals surface area contributed by atoms with Crippen molar-refractivity contribution in [3.8, 4) is 0 Å². The van der Waals surface area contributed by atoms with Gasteiger partial charge < -0.3 is 10.5 Å². The summed E-state index contributed by atoms with van der Waals surface area (Å²) in [7, 11) is 1.58. The highest BCUT2D eigenvalue weighted by molar-refractivity contribution is 7.14. The summed E-state index contributed by atoms with van der Waals surface area (Å²) in [5.74, 6) is -0.313. The average molecular weight is 469 g/mol. The van der Waals surface area contributed by atoms with Gasteiger partial charge in [0, 0.05) is 25.1 Å². The van der Waals surface area contributed by atoms with Crippen LogP contribution in [0.25, 0.3) is 0 Å². The summed E-state index contributed by atoms with van der Waals surface area (Å²) < 4.78 is 6.45. The smallest absolute Gasteiger partial charge is 0.330 e. The molecule has 0 aliphatic heterocycles. The van der Waals surface area contributed by atoms with Gasteiger partial charge in [-0.05, 0) is 49.3 Å². The van der Waals surface area contributed by atoms with E-state index in [1.807, 2.05) is 36.4 Å². The highest BCUT2D eigenvalue weighted by Crippen LogP contribution is 2.31. The molecule has 0 radical (unpaired) electrons. The molecule has 0 saturated heterocycles. The van der Waals surface area contributed by atoms with Crippen molar-refractivity contribution in [1.29, 1.82) is 0 Å². The molecule has 4 rings (SSSR count). The number of nitrogens with one attached hydrogen (secondary N) is 1. The van der Waals surface area contributed by atoms with Gasteiger partial charge in [-0.1, -0.05) is 30.3 Å². The average Bonchev–Trinajstić information content (AvgIpc) is 3.25. The number of rotatable bonds is 8. The molecule has 1 amide bonds. The van der Waals surface area contributed by atoms with Crippen LogP contribution in [0.15, 0.2) is 46.0 Å². The van der Waals surface area contributed by atoms with Crippen LogP contribution in [0.5, 0.6) is 0 Å². The topological polar surface area (TPSA) is 110 Å². The number of nitrogens with zero attached hydrogens (tertiary/aromatic N) is 2. The second-order valence-corrected chi connectivity index (χ2v) is 9.27. The van der Waals surface area contributed by atoms with Crippen LogP contribution in [0.4, 0.5) is 11.5 Å². The molecule has 9 heteroatoms. The second kappa shape index (κ2) is 10.2. The lowest BCUT2D eigenvalue weighted by Crippen LogP contribution is -2.41. The molecular weight excluding hydrogens is 440 g/mol. The molecule has 0 fully saturated rings. The molecule has 174 valence electrons. The lowest BCUT2D eigenvalue weighted by atomic mass is 9.99. The number of ether oxygens (including phenoxy) is 1. The summed E-state index contributed by atoms with van der Waals surface area (Å²) in [4.78, 5) is 44.6. The zero-order chi connectivity index (χ0) is 23.4. The molecule has 0 bridgehead atoms. The quantitative estimate of drug-likeness (QED) is 0.494. The number of benzene rings is 1. The number of methoxy groups -OCH3 is 1. The van der Waals surface area contributed by atoms with Crippen LogP contribution in [0.2, 0.25) is 0 Å². The van der Waals surface area contributed by atoms with E-state index in [1.165, 1.54) is 31.2 Å². The standard InChI is InChI=1S/C24H28N4O4S/c1-32-13-7-12-27(23(30)19-14-17-10-5-6-11-18(17)33-19)20-21(25)28(24(31)26-22(20)29)15-16-8-3-2-4-9-16/h2-4,8-9,14H,5-7,10-13,15,25H2,1H3,(H,26,29,31). The Bertz CT molecular complexity index is 1220. The van der Waals surface area contributed by atoms with Gasteiger partial charge in [-0.3, -0.25) is 24.0 Å². The van der Waals surface area contributed by atoms with E-state index >= 15 is 0 Å². The zero-order valence-corrected chi connectivity index (χ0v) is 19.5. The van der Waals surface area contributed by atoms with Gasteiger partial charge in [-0.15, -0.1) is 11.3 Å². The van der Waals surface area contributed by atoms with Crippen molar-refractivity contribution in [1.82, 2.24) is 9.55 Å². The first-order valence-corrected chi connectivity index (χ1v) is 11.9. The summed E-state index contributed by atoms with van der Waals surface area (Å²) in [6, 6.07) is 11.3. The van der Waals surface area contributed by atoms with Crippen molar-refractivity contribution in [3.63, 3.8) is 0 Å². The number of thiophene rings is 1. The molecule has 0 atom stereocenters. The van der Waals surface area contributed by atoms with Crippen LogP contribution in [0.3, 0.4) is 0 Å². The Hall–Kier alpha value is -3.17. The number of amides is 1. The first-order chi connectivity index (χ1) is 16.0. The number of nitrogens with two attached hydrogens (primary N) is 1.